The van der Waals surface area contributed by atoms with Gasteiger partial charge in [0.1, 0.15) is 5.82 Å². The maximum Gasteiger partial charge on any atom is 0.123 e. The normalized spacial score (nSPS) is 11.4. The van der Waals surface area contributed by atoms with Gasteiger partial charge in [0.15, 0.2) is 0 Å². The molecule has 0 fully saturated rings. The predicted molar refractivity (Wildman–Crippen MR) is 59.0 cm³/mol. The van der Waals surface area contributed by atoms with Gasteiger partial charge in [0.05, 0.1) is 0 Å². The van der Waals surface area contributed by atoms with Gasteiger partial charge in [-0.25, -0.2) is 4.39 Å². The molecule has 0 N–H and O–H groups in total. The lowest BCUT2D eigenvalue weighted by atomic mass is 9.92. The lowest BCUT2D eigenvalue weighted by Gasteiger charge is -2.14. The average molecular weight is 194 g/mol. The highest BCUT2D eigenvalue weighted by Crippen LogP contribution is 2.22. The first-order valence-electron chi connectivity index (χ1n) is 5.29. The quantitative estimate of drug-likeness (QED) is 0.678. The Morgan fingerprint density at radius 1 is 1.14 bits per heavy atom. The van der Waals surface area contributed by atoms with E-state index in [1.54, 1.807) is 12.1 Å². The number of hydrogen-bond acceptors (Lipinski definition) is 0. The standard InChI is InChI=1S/C13H19F/c1-9(2)7-11-8-12(14)5-6-13(11)10(3)4/h5-6,8-10H,7H2,1-4H3. The molecule has 0 amide bonds. The molecule has 1 heteroatoms. The summed E-state index contributed by atoms with van der Waals surface area (Å²) in [6.45, 7) is 8.62. The van der Waals surface area contributed by atoms with Gasteiger partial charge < -0.3 is 0 Å². The van der Waals surface area contributed by atoms with Crippen LogP contribution in [0.4, 0.5) is 4.39 Å². The molecule has 78 valence electrons. The van der Waals surface area contributed by atoms with Crippen LogP contribution in [0.1, 0.15) is 44.7 Å². The molecule has 1 rings (SSSR count). The summed E-state index contributed by atoms with van der Waals surface area (Å²) in [7, 11) is 0. The molecule has 0 aliphatic carbocycles. The van der Waals surface area contributed by atoms with E-state index in [0.717, 1.165) is 12.0 Å². The highest BCUT2D eigenvalue weighted by Gasteiger charge is 2.08. The highest BCUT2D eigenvalue weighted by atomic mass is 19.1. The fourth-order valence-electron chi connectivity index (χ4n) is 1.75. The summed E-state index contributed by atoms with van der Waals surface area (Å²) in [4.78, 5) is 0. The van der Waals surface area contributed by atoms with Crippen molar-refractivity contribution < 1.29 is 4.39 Å². The lowest BCUT2D eigenvalue weighted by molar-refractivity contribution is 0.606. The monoisotopic (exact) mass is 194 g/mol. The third kappa shape index (κ3) is 2.83. The molecule has 0 saturated heterocycles. The third-order valence-corrected chi connectivity index (χ3v) is 2.36. The summed E-state index contributed by atoms with van der Waals surface area (Å²) in [6, 6.07) is 5.15. The maximum atomic E-state index is 13.1. The predicted octanol–water partition coefficient (Wildman–Crippen LogP) is 4.15. The van der Waals surface area contributed by atoms with Crippen LogP contribution in [0.25, 0.3) is 0 Å². The summed E-state index contributed by atoms with van der Waals surface area (Å²) in [5, 5.41) is 0. The van der Waals surface area contributed by atoms with Gasteiger partial charge in [-0.3, -0.25) is 0 Å². The highest BCUT2D eigenvalue weighted by molar-refractivity contribution is 5.30. The van der Waals surface area contributed by atoms with Crippen molar-refractivity contribution in [3.8, 4) is 0 Å². The smallest absolute Gasteiger partial charge is 0.123 e. The van der Waals surface area contributed by atoms with Gasteiger partial charge in [-0.2, -0.15) is 0 Å². The minimum absolute atomic E-state index is 0.120. The van der Waals surface area contributed by atoms with Crippen molar-refractivity contribution in [1.82, 2.24) is 0 Å². The van der Waals surface area contributed by atoms with Gasteiger partial charge in [-0.15, -0.1) is 0 Å². The van der Waals surface area contributed by atoms with Crippen LogP contribution < -0.4 is 0 Å². The molecule has 0 saturated carbocycles. The van der Waals surface area contributed by atoms with Gasteiger partial charge >= 0.3 is 0 Å². The van der Waals surface area contributed by atoms with Crippen LogP contribution in [0.15, 0.2) is 18.2 Å². The van der Waals surface area contributed by atoms with Crippen LogP contribution in [0.2, 0.25) is 0 Å². The van der Waals surface area contributed by atoms with Crippen molar-refractivity contribution in [3.05, 3.63) is 35.1 Å². The summed E-state index contributed by atoms with van der Waals surface area (Å²) in [6.07, 6.45) is 0.964. The Hall–Kier alpha value is -0.850. The largest absolute Gasteiger partial charge is 0.207 e. The van der Waals surface area contributed by atoms with E-state index in [-0.39, 0.29) is 5.82 Å². The fraction of sp³-hybridized carbons (Fsp3) is 0.538. The zero-order chi connectivity index (χ0) is 10.7. The second kappa shape index (κ2) is 4.59. The molecule has 1 aromatic rings. The van der Waals surface area contributed by atoms with E-state index in [0.29, 0.717) is 11.8 Å². The van der Waals surface area contributed by atoms with Crippen molar-refractivity contribution >= 4 is 0 Å². The molecule has 0 radical (unpaired) electrons. The number of benzene rings is 1. The molecule has 0 bridgehead atoms. The topological polar surface area (TPSA) is 0 Å². The minimum atomic E-state index is -0.120. The SMILES string of the molecule is CC(C)Cc1cc(F)ccc1C(C)C. The average Bonchev–Trinajstić information content (AvgIpc) is 2.01. The van der Waals surface area contributed by atoms with E-state index in [2.05, 4.69) is 27.7 Å². The van der Waals surface area contributed by atoms with E-state index in [4.69, 9.17) is 0 Å². The number of halogens is 1. The molecule has 0 aliphatic rings. The van der Waals surface area contributed by atoms with Crippen molar-refractivity contribution in [2.24, 2.45) is 5.92 Å². The molecule has 1 aromatic carbocycles. The van der Waals surface area contributed by atoms with Gasteiger partial charge in [-0.1, -0.05) is 33.8 Å². The molecule has 0 aromatic heterocycles. The maximum absolute atomic E-state index is 13.1. The lowest BCUT2D eigenvalue weighted by Crippen LogP contribution is -2.01. The first-order chi connectivity index (χ1) is 6.50. The van der Waals surface area contributed by atoms with Crippen LogP contribution >= 0.6 is 0 Å². The van der Waals surface area contributed by atoms with E-state index < -0.39 is 0 Å². The van der Waals surface area contributed by atoms with Crippen LogP contribution in [0.3, 0.4) is 0 Å². The summed E-state index contributed by atoms with van der Waals surface area (Å²) in [5.74, 6) is 0.934. The molecule has 0 heterocycles. The Morgan fingerprint density at radius 3 is 2.29 bits per heavy atom. The van der Waals surface area contributed by atoms with E-state index in [9.17, 15) is 4.39 Å². The second-order valence-corrected chi connectivity index (χ2v) is 4.60. The van der Waals surface area contributed by atoms with Gasteiger partial charge in [0.25, 0.3) is 0 Å². The number of hydrogen-bond donors (Lipinski definition) is 0. The first kappa shape index (κ1) is 11.2. The van der Waals surface area contributed by atoms with Crippen molar-refractivity contribution in [1.29, 1.82) is 0 Å². The van der Waals surface area contributed by atoms with Crippen molar-refractivity contribution in [2.45, 2.75) is 40.0 Å². The summed E-state index contributed by atoms with van der Waals surface area (Å²) >= 11 is 0. The Morgan fingerprint density at radius 2 is 1.79 bits per heavy atom. The minimum Gasteiger partial charge on any atom is -0.207 e. The molecule has 0 atom stereocenters. The zero-order valence-electron chi connectivity index (χ0n) is 9.47. The van der Waals surface area contributed by atoms with Crippen LogP contribution in [0.5, 0.6) is 0 Å². The molecule has 0 aliphatic heterocycles. The Balaban J connectivity index is 3.03. The van der Waals surface area contributed by atoms with E-state index in [1.807, 2.05) is 6.07 Å². The van der Waals surface area contributed by atoms with Crippen molar-refractivity contribution in [3.63, 3.8) is 0 Å². The van der Waals surface area contributed by atoms with Gasteiger partial charge in [0, 0.05) is 0 Å². The van der Waals surface area contributed by atoms with Crippen LogP contribution in [0, 0.1) is 11.7 Å². The van der Waals surface area contributed by atoms with Gasteiger partial charge in [0.2, 0.25) is 0 Å². The Bertz CT molecular complexity index is 300. The molecule has 0 spiro atoms. The Kier molecular flexibility index (Phi) is 3.68. The second-order valence-electron chi connectivity index (χ2n) is 4.60. The van der Waals surface area contributed by atoms with Crippen LogP contribution in [-0.4, -0.2) is 0 Å². The first-order valence-corrected chi connectivity index (χ1v) is 5.29. The molecule has 14 heavy (non-hydrogen) atoms. The van der Waals surface area contributed by atoms with Crippen LogP contribution in [-0.2, 0) is 6.42 Å². The molecule has 0 unspecified atom stereocenters. The Labute approximate surface area is 86.2 Å². The number of rotatable bonds is 3. The van der Waals surface area contributed by atoms with E-state index >= 15 is 0 Å². The summed E-state index contributed by atoms with van der Waals surface area (Å²) < 4.78 is 13.1. The van der Waals surface area contributed by atoms with Gasteiger partial charge in [-0.05, 0) is 41.5 Å². The molecular formula is C13H19F. The fourth-order valence-corrected chi connectivity index (χ4v) is 1.75. The van der Waals surface area contributed by atoms with Crippen molar-refractivity contribution in [2.75, 3.05) is 0 Å². The zero-order valence-corrected chi connectivity index (χ0v) is 9.47. The molecule has 0 nitrogen and oxygen atoms in total. The van der Waals surface area contributed by atoms with E-state index in [1.165, 1.54) is 5.56 Å². The molecular weight excluding hydrogens is 175 g/mol. The summed E-state index contributed by atoms with van der Waals surface area (Å²) in [5.41, 5.74) is 2.44. The third-order valence-electron chi connectivity index (χ3n) is 2.36.